The van der Waals surface area contributed by atoms with Crippen molar-refractivity contribution in [3.05, 3.63) is 0 Å². The van der Waals surface area contributed by atoms with E-state index in [1.54, 1.807) is 0 Å². The molecule has 0 spiro atoms. The van der Waals surface area contributed by atoms with Crippen molar-refractivity contribution in [2.75, 3.05) is 22.5 Å². The fourth-order valence-electron chi connectivity index (χ4n) is 1.58. The maximum Gasteiger partial charge on any atom is 0.220 e. The fourth-order valence-corrected chi connectivity index (χ4v) is 3.17. The van der Waals surface area contributed by atoms with Crippen molar-refractivity contribution >= 4 is 40.3 Å². The molecule has 0 atom stereocenters. The van der Waals surface area contributed by atoms with Crippen LogP contribution in [0.4, 0.5) is 0 Å². The van der Waals surface area contributed by atoms with Gasteiger partial charge in [0, 0.05) is 17.4 Å². The monoisotopic (exact) mass is 327 g/mol. The van der Waals surface area contributed by atoms with Crippen molar-refractivity contribution in [2.45, 2.75) is 25.7 Å². The second-order valence-corrected chi connectivity index (χ2v) is 5.96. The molecule has 1 aliphatic rings. The van der Waals surface area contributed by atoms with Crippen LogP contribution in [0.15, 0.2) is 0 Å². The molecule has 82 valence electrons. The van der Waals surface area contributed by atoms with Gasteiger partial charge in [0.05, 0.1) is 0 Å². The van der Waals surface area contributed by atoms with Gasteiger partial charge in [-0.05, 0) is 36.7 Å². The Bertz CT molecular complexity index is 172. The molecule has 0 radical (unpaired) electrons. The Morgan fingerprint density at radius 3 is 2.79 bits per heavy atom. The molecule has 1 aliphatic heterocycles. The quantitative estimate of drug-likeness (QED) is 0.477. The van der Waals surface area contributed by atoms with Crippen LogP contribution < -0.4 is 5.32 Å². The van der Waals surface area contributed by atoms with Gasteiger partial charge in [0.15, 0.2) is 0 Å². The van der Waals surface area contributed by atoms with Crippen molar-refractivity contribution in [1.29, 1.82) is 0 Å². The summed E-state index contributed by atoms with van der Waals surface area (Å²) < 4.78 is 1.12. The fraction of sp³-hybridized carbons (Fsp3) is 0.900. The molecule has 1 amide bonds. The third kappa shape index (κ3) is 5.44. The van der Waals surface area contributed by atoms with E-state index in [0.717, 1.165) is 23.8 Å². The van der Waals surface area contributed by atoms with Gasteiger partial charge in [-0.3, -0.25) is 4.79 Å². The van der Waals surface area contributed by atoms with E-state index in [2.05, 4.69) is 27.9 Å². The molecule has 0 aromatic heterocycles. The van der Waals surface area contributed by atoms with Gasteiger partial charge >= 0.3 is 0 Å². The number of hydrogen-bond acceptors (Lipinski definition) is 2. The summed E-state index contributed by atoms with van der Waals surface area (Å²) in [5, 5.41) is 2.98. The average molecular weight is 327 g/mol. The molecular formula is C10H18INOS. The van der Waals surface area contributed by atoms with Gasteiger partial charge in [0.1, 0.15) is 0 Å². The first-order chi connectivity index (χ1) is 6.83. The third-order valence-corrected chi connectivity index (χ3v) is 4.26. The SMILES string of the molecule is O=C(CC1CCSCC1)NCCCI. The Morgan fingerprint density at radius 1 is 1.43 bits per heavy atom. The lowest BCUT2D eigenvalue weighted by atomic mass is 9.98. The predicted molar refractivity (Wildman–Crippen MR) is 71.2 cm³/mol. The maximum atomic E-state index is 11.5. The van der Waals surface area contributed by atoms with Crippen LogP contribution in [0, 0.1) is 5.92 Å². The highest BCUT2D eigenvalue weighted by molar-refractivity contribution is 14.1. The lowest BCUT2D eigenvalue weighted by molar-refractivity contribution is -0.122. The number of rotatable bonds is 5. The second-order valence-electron chi connectivity index (χ2n) is 3.65. The van der Waals surface area contributed by atoms with Crippen LogP contribution in [0.25, 0.3) is 0 Å². The Kier molecular flexibility index (Phi) is 7.02. The summed E-state index contributed by atoms with van der Waals surface area (Å²) in [5.41, 5.74) is 0. The molecule has 0 aliphatic carbocycles. The smallest absolute Gasteiger partial charge is 0.220 e. The molecule has 4 heteroatoms. The van der Waals surface area contributed by atoms with Gasteiger partial charge in [0.25, 0.3) is 0 Å². The summed E-state index contributed by atoms with van der Waals surface area (Å²) >= 11 is 4.35. The Morgan fingerprint density at radius 2 is 2.14 bits per heavy atom. The van der Waals surface area contributed by atoms with Gasteiger partial charge in [-0.1, -0.05) is 22.6 Å². The Balaban J connectivity index is 2.06. The number of amides is 1. The van der Waals surface area contributed by atoms with Crippen molar-refractivity contribution in [3.63, 3.8) is 0 Å². The van der Waals surface area contributed by atoms with Crippen LogP contribution in [-0.2, 0) is 4.79 Å². The summed E-state index contributed by atoms with van der Waals surface area (Å²) in [6.45, 7) is 0.850. The van der Waals surface area contributed by atoms with Gasteiger partial charge < -0.3 is 5.32 Å². The molecule has 0 aromatic carbocycles. The molecule has 0 unspecified atom stereocenters. The zero-order chi connectivity index (χ0) is 10.2. The van der Waals surface area contributed by atoms with Crippen LogP contribution in [0.5, 0.6) is 0 Å². The number of nitrogens with one attached hydrogen (secondary N) is 1. The van der Waals surface area contributed by atoms with Crippen molar-refractivity contribution in [2.24, 2.45) is 5.92 Å². The number of carbonyl (C=O) groups excluding carboxylic acids is 1. The zero-order valence-electron chi connectivity index (χ0n) is 8.43. The van der Waals surface area contributed by atoms with E-state index in [4.69, 9.17) is 0 Å². The molecular weight excluding hydrogens is 309 g/mol. The maximum absolute atomic E-state index is 11.5. The average Bonchev–Trinajstić information content (AvgIpc) is 2.20. The summed E-state index contributed by atoms with van der Waals surface area (Å²) in [6.07, 6.45) is 4.30. The minimum absolute atomic E-state index is 0.256. The molecule has 14 heavy (non-hydrogen) atoms. The third-order valence-electron chi connectivity index (χ3n) is 2.45. The largest absolute Gasteiger partial charge is 0.356 e. The minimum atomic E-state index is 0.256. The normalized spacial score (nSPS) is 18.1. The molecule has 0 saturated carbocycles. The molecule has 0 aromatic rings. The second kappa shape index (κ2) is 7.79. The standard InChI is InChI=1S/C10H18INOS/c11-4-1-5-12-10(13)8-9-2-6-14-7-3-9/h9H,1-8H2,(H,12,13). The Labute approximate surface area is 104 Å². The first-order valence-corrected chi connectivity index (χ1v) is 7.91. The van der Waals surface area contributed by atoms with Crippen LogP contribution >= 0.6 is 34.4 Å². The summed E-state index contributed by atoms with van der Waals surface area (Å²) in [5.74, 6) is 3.39. The van der Waals surface area contributed by atoms with Crippen LogP contribution in [0.2, 0.25) is 0 Å². The topological polar surface area (TPSA) is 29.1 Å². The number of hydrogen-bond donors (Lipinski definition) is 1. The number of carbonyl (C=O) groups is 1. The molecule has 2 nitrogen and oxygen atoms in total. The summed E-state index contributed by atoms with van der Waals surface area (Å²) in [7, 11) is 0. The van der Waals surface area contributed by atoms with Crippen molar-refractivity contribution in [1.82, 2.24) is 5.32 Å². The highest BCUT2D eigenvalue weighted by atomic mass is 127. The van der Waals surface area contributed by atoms with E-state index in [9.17, 15) is 4.79 Å². The van der Waals surface area contributed by atoms with Gasteiger partial charge in [-0.25, -0.2) is 0 Å². The van der Waals surface area contributed by atoms with Gasteiger partial charge in [0.2, 0.25) is 5.91 Å². The van der Waals surface area contributed by atoms with Crippen molar-refractivity contribution in [3.8, 4) is 0 Å². The lowest BCUT2D eigenvalue weighted by Crippen LogP contribution is -2.27. The summed E-state index contributed by atoms with van der Waals surface area (Å²) in [4.78, 5) is 11.5. The minimum Gasteiger partial charge on any atom is -0.356 e. The molecule has 1 heterocycles. The predicted octanol–water partition coefficient (Wildman–Crippen LogP) is 2.46. The van der Waals surface area contributed by atoms with E-state index in [0.29, 0.717) is 5.92 Å². The van der Waals surface area contributed by atoms with E-state index in [-0.39, 0.29) is 5.91 Å². The lowest BCUT2D eigenvalue weighted by Gasteiger charge is -2.20. The van der Waals surface area contributed by atoms with E-state index in [1.807, 2.05) is 11.8 Å². The zero-order valence-corrected chi connectivity index (χ0v) is 11.4. The van der Waals surface area contributed by atoms with Crippen LogP contribution in [-0.4, -0.2) is 28.4 Å². The van der Waals surface area contributed by atoms with Gasteiger partial charge in [-0.15, -0.1) is 0 Å². The molecule has 0 bridgehead atoms. The van der Waals surface area contributed by atoms with Crippen LogP contribution in [0.3, 0.4) is 0 Å². The first kappa shape index (κ1) is 12.6. The molecule has 1 saturated heterocycles. The van der Waals surface area contributed by atoms with Crippen LogP contribution in [0.1, 0.15) is 25.7 Å². The van der Waals surface area contributed by atoms with E-state index >= 15 is 0 Å². The summed E-state index contributed by atoms with van der Waals surface area (Å²) in [6, 6.07) is 0. The van der Waals surface area contributed by atoms with Gasteiger partial charge in [-0.2, -0.15) is 11.8 Å². The van der Waals surface area contributed by atoms with E-state index < -0.39 is 0 Å². The number of halogens is 1. The Hall–Kier alpha value is 0.550. The molecule has 1 N–H and O–H groups in total. The van der Waals surface area contributed by atoms with E-state index in [1.165, 1.54) is 24.3 Å². The first-order valence-electron chi connectivity index (χ1n) is 5.23. The molecule has 1 fully saturated rings. The highest BCUT2D eigenvalue weighted by Crippen LogP contribution is 2.24. The number of alkyl halides is 1. The highest BCUT2D eigenvalue weighted by Gasteiger charge is 2.16. The number of thioether (sulfide) groups is 1. The van der Waals surface area contributed by atoms with Crippen molar-refractivity contribution < 1.29 is 4.79 Å². The molecule has 1 rings (SSSR count).